The van der Waals surface area contributed by atoms with Gasteiger partial charge in [-0.25, -0.2) is 0 Å². The molecule has 0 atom stereocenters. The summed E-state index contributed by atoms with van der Waals surface area (Å²) < 4.78 is 5.38. The van der Waals surface area contributed by atoms with Gasteiger partial charge in [-0.2, -0.15) is 0 Å². The predicted octanol–water partition coefficient (Wildman–Crippen LogP) is 1.84. The SMILES string of the molecule is COc1cc(CCC(C)=O)ccc1ON1CCNCC1.Cl. The molecule has 0 aliphatic carbocycles. The lowest BCUT2D eigenvalue weighted by Crippen LogP contribution is -2.45. The highest BCUT2D eigenvalue weighted by molar-refractivity contribution is 5.85. The molecule has 1 aromatic rings. The number of methoxy groups -OCH3 is 1. The fourth-order valence-corrected chi connectivity index (χ4v) is 2.14. The van der Waals surface area contributed by atoms with Gasteiger partial charge in [0, 0.05) is 32.6 Å². The molecule has 0 bridgehead atoms. The Labute approximate surface area is 132 Å². The quantitative estimate of drug-likeness (QED) is 0.868. The number of halogens is 1. The maximum atomic E-state index is 11.0. The number of carbonyl (C=O) groups excluding carboxylic acids is 1. The van der Waals surface area contributed by atoms with E-state index in [1.165, 1.54) is 0 Å². The molecule has 0 spiro atoms. The molecular weight excluding hydrogens is 292 g/mol. The molecule has 0 amide bonds. The van der Waals surface area contributed by atoms with Gasteiger partial charge in [0.2, 0.25) is 0 Å². The topological polar surface area (TPSA) is 50.8 Å². The average Bonchev–Trinajstić information content (AvgIpc) is 2.47. The summed E-state index contributed by atoms with van der Waals surface area (Å²) in [6.45, 7) is 5.18. The molecule has 0 aromatic heterocycles. The second kappa shape index (κ2) is 8.87. The van der Waals surface area contributed by atoms with Crippen LogP contribution in [0, 0.1) is 0 Å². The number of aryl methyl sites for hydroxylation is 1. The highest BCUT2D eigenvalue weighted by Crippen LogP contribution is 2.29. The van der Waals surface area contributed by atoms with Crippen LogP contribution < -0.4 is 14.9 Å². The molecule has 1 fully saturated rings. The Bertz CT molecular complexity index is 462. The number of hydroxylamine groups is 2. The first-order chi connectivity index (χ1) is 9.69. The molecule has 6 heteroatoms. The first kappa shape index (κ1) is 17.8. The monoisotopic (exact) mass is 314 g/mol. The van der Waals surface area contributed by atoms with Crippen molar-refractivity contribution in [2.24, 2.45) is 0 Å². The number of ketones is 1. The normalized spacial score (nSPS) is 15.1. The van der Waals surface area contributed by atoms with Crippen LogP contribution in [0.2, 0.25) is 0 Å². The van der Waals surface area contributed by atoms with Gasteiger partial charge in [0.15, 0.2) is 11.5 Å². The molecule has 1 aliphatic heterocycles. The van der Waals surface area contributed by atoms with Gasteiger partial charge in [0.1, 0.15) is 5.78 Å². The number of hydrogen-bond donors (Lipinski definition) is 1. The Morgan fingerprint density at radius 3 is 2.62 bits per heavy atom. The number of rotatable bonds is 6. The summed E-state index contributed by atoms with van der Waals surface area (Å²) in [6, 6.07) is 5.85. The molecular formula is C15H23ClN2O3. The van der Waals surface area contributed by atoms with E-state index in [0.717, 1.165) is 43.9 Å². The minimum Gasteiger partial charge on any atom is -0.493 e. The number of nitrogens with zero attached hydrogens (tertiary/aromatic N) is 1. The third-order valence-corrected chi connectivity index (χ3v) is 3.30. The second-order valence-corrected chi connectivity index (χ2v) is 4.96. The van der Waals surface area contributed by atoms with Crippen LogP contribution in [0.5, 0.6) is 11.5 Å². The standard InChI is InChI=1S/C15H22N2O3.ClH/c1-12(18)3-4-13-5-6-14(15(11-13)19-2)20-17-9-7-16-8-10-17;/h5-6,11,16H,3-4,7-10H2,1-2H3;1H. The Kier molecular flexibility index (Phi) is 7.50. The van der Waals surface area contributed by atoms with E-state index < -0.39 is 0 Å². The number of hydrogen-bond acceptors (Lipinski definition) is 5. The summed E-state index contributed by atoms with van der Waals surface area (Å²) in [4.78, 5) is 16.9. The van der Waals surface area contributed by atoms with Gasteiger partial charge < -0.3 is 19.7 Å². The van der Waals surface area contributed by atoms with Crippen LogP contribution in [0.1, 0.15) is 18.9 Å². The number of Topliss-reactive ketones (excluding diaryl/α,β-unsaturated/α-hetero) is 1. The number of ether oxygens (including phenoxy) is 1. The van der Waals surface area contributed by atoms with Crippen LogP contribution in [-0.4, -0.2) is 44.1 Å². The summed E-state index contributed by atoms with van der Waals surface area (Å²) in [7, 11) is 1.63. The zero-order valence-corrected chi connectivity index (χ0v) is 13.4. The van der Waals surface area contributed by atoms with Crippen molar-refractivity contribution >= 4 is 18.2 Å². The van der Waals surface area contributed by atoms with Crippen LogP contribution in [0.3, 0.4) is 0 Å². The molecule has 0 saturated carbocycles. The summed E-state index contributed by atoms with van der Waals surface area (Å²) in [5, 5.41) is 5.21. The molecule has 5 nitrogen and oxygen atoms in total. The molecule has 21 heavy (non-hydrogen) atoms. The average molecular weight is 315 g/mol. The molecule has 1 saturated heterocycles. The van der Waals surface area contributed by atoms with Crippen molar-refractivity contribution in [3.05, 3.63) is 23.8 Å². The maximum Gasteiger partial charge on any atom is 0.189 e. The third kappa shape index (κ3) is 5.53. The van der Waals surface area contributed by atoms with Crippen molar-refractivity contribution in [2.45, 2.75) is 19.8 Å². The Morgan fingerprint density at radius 1 is 1.29 bits per heavy atom. The second-order valence-electron chi connectivity index (χ2n) is 4.96. The largest absolute Gasteiger partial charge is 0.493 e. The Morgan fingerprint density at radius 2 is 2.00 bits per heavy atom. The highest BCUT2D eigenvalue weighted by atomic mass is 35.5. The summed E-state index contributed by atoms with van der Waals surface area (Å²) in [6.07, 6.45) is 1.29. The fraction of sp³-hybridized carbons (Fsp3) is 0.533. The van der Waals surface area contributed by atoms with E-state index in [0.29, 0.717) is 12.2 Å². The third-order valence-electron chi connectivity index (χ3n) is 3.30. The van der Waals surface area contributed by atoms with Crippen molar-refractivity contribution in [2.75, 3.05) is 33.3 Å². The maximum absolute atomic E-state index is 11.0. The zero-order chi connectivity index (χ0) is 14.4. The van der Waals surface area contributed by atoms with Gasteiger partial charge in [-0.05, 0) is 31.0 Å². The van der Waals surface area contributed by atoms with Gasteiger partial charge in [-0.3, -0.25) is 0 Å². The smallest absolute Gasteiger partial charge is 0.189 e. The number of piperazine rings is 1. The summed E-state index contributed by atoms with van der Waals surface area (Å²) >= 11 is 0. The van der Waals surface area contributed by atoms with Gasteiger partial charge in [0.05, 0.1) is 7.11 Å². The van der Waals surface area contributed by atoms with E-state index in [-0.39, 0.29) is 18.2 Å². The molecule has 1 N–H and O–H groups in total. The van der Waals surface area contributed by atoms with Crippen molar-refractivity contribution in [1.82, 2.24) is 10.4 Å². The minimum absolute atomic E-state index is 0. The highest BCUT2D eigenvalue weighted by Gasteiger charge is 2.14. The van der Waals surface area contributed by atoms with Crippen LogP contribution in [0.25, 0.3) is 0 Å². The molecule has 1 heterocycles. The number of benzene rings is 1. The Hall–Kier alpha value is -1.30. The van der Waals surface area contributed by atoms with E-state index in [1.54, 1.807) is 14.0 Å². The molecule has 0 unspecified atom stereocenters. The molecule has 1 aliphatic rings. The summed E-state index contributed by atoms with van der Waals surface area (Å²) in [5.74, 6) is 1.63. The van der Waals surface area contributed by atoms with E-state index in [1.807, 2.05) is 23.3 Å². The minimum atomic E-state index is 0. The fourth-order valence-electron chi connectivity index (χ4n) is 2.14. The van der Waals surface area contributed by atoms with Gasteiger partial charge >= 0.3 is 0 Å². The predicted molar refractivity (Wildman–Crippen MR) is 84.3 cm³/mol. The molecule has 1 aromatic carbocycles. The summed E-state index contributed by atoms with van der Waals surface area (Å²) in [5.41, 5.74) is 1.09. The van der Waals surface area contributed by atoms with Crippen LogP contribution in [0.15, 0.2) is 18.2 Å². The first-order valence-corrected chi connectivity index (χ1v) is 6.99. The number of nitrogens with one attached hydrogen (secondary N) is 1. The van der Waals surface area contributed by atoms with E-state index in [4.69, 9.17) is 9.57 Å². The van der Waals surface area contributed by atoms with Crippen molar-refractivity contribution in [3.8, 4) is 11.5 Å². The lowest BCUT2D eigenvalue weighted by Gasteiger charge is -2.27. The van der Waals surface area contributed by atoms with Gasteiger partial charge in [-0.15, -0.1) is 17.5 Å². The van der Waals surface area contributed by atoms with E-state index in [2.05, 4.69) is 5.32 Å². The van der Waals surface area contributed by atoms with Gasteiger partial charge in [0.25, 0.3) is 0 Å². The van der Waals surface area contributed by atoms with Crippen molar-refractivity contribution in [3.63, 3.8) is 0 Å². The number of carbonyl (C=O) groups is 1. The molecule has 2 rings (SSSR count). The zero-order valence-electron chi connectivity index (χ0n) is 12.6. The lowest BCUT2D eigenvalue weighted by atomic mass is 10.1. The van der Waals surface area contributed by atoms with Crippen LogP contribution in [0.4, 0.5) is 0 Å². The van der Waals surface area contributed by atoms with Crippen molar-refractivity contribution in [1.29, 1.82) is 0 Å². The van der Waals surface area contributed by atoms with E-state index in [9.17, 15) is 4.79 Å². The molecule has 0 radical (unpaired) electrons. The van der Waals surface area contributed by atoms with Crippen LogP contribution >= 0.6 is 12.4 Å². The first-order valence-electron chi connectivity index (χ1n) is 6.99. The van der Waals surface area contributed by atoms with E-state index >= 15 is 0 Å². The lowest BCUT2D eigenvalue weighted by molar-refractivity contribution is -0.116. The van der Waals surface area contributed by atoms with Crippen LogP contribution in [-0.2, 0) is 11.2 Å². The van der Waals surface area contributed by atoms with Crippen molar-refractivity contribution < 1.29 is 14.4 Å². The van der Waals surface area contributed by atoms with Gasteiger partial charge in [-0.1, -0.05) is 6.07 Å². The Balaban J connectivity index is 0.00000220. The molecule has 118 valence electrons.